The molecule has 3 heterocycles. The third kappa shape index (κ3) is 2.28. The van der Waals surface area contributed by atoms with Gasteiger partial charge in [0.25, 0.3) is 0 Å². The van der Waals surface area contributed by atoms with Crippen molar-refractivity contribution in [2.24, 2.45) is 5.73 Å². The van der Waals surface area contributed by atoms with Crippen molar-refractivity contribution in [2.45, 2.75) is 24.9 Å². The summed E-state index contributed by atoms with van der Waals surface area (Å²) in [7, 11) is 0. The predicted octanol–water partition coefficient (Wildman–Crippen LogP) is 2.52. The van der Waals surface area contributed by atoms with Crippen molar-refractivity contribution < 1.29 is 13.2 Å². The molecule has 0 fully saturated rings. The van der Waals surface area contributed by atoms with Crippen molar-refractivity contribution >= 4 is 11.0 Å². The fraction of sp³-hybridized carbons (Fsp3) is 0.250. The lowest BCUT2D eigenvalue weighted by Crippen LogP contribution is -2.39. The highest BCUT2D eigenvalue weighted by molar-refractivity contribution is 5.75. The molecule has 1 aliphatic rings. The maximum atomic E-state index is 14.1. The molecule has 4 rings (SSSR count). The summed E-state index contributed by atoms with van der Waals surface area (Å²) in [6, 6.07) is 4.25. The highest BCUT2D eigenvalue weighted by Crippen LogP contribution is 2.32. The first kappa shape index (κ1) is 14.2. The first-order valence-electron chi connectivity index (χ1n) is 7.24. The Morgan fingerprint density at radius 1 is 1.17 bits per heavy atom. The van der Waals surface area contributed by atoms with E-state index in [0.29, 0.717) is 29.8 Å². The SMILES string of the molecule is N[C@@H]1Cn2c(nc3cnc(F)cc32)C[C@H]1c1cc(F)ccc1F. The van der Waals surface area contributed by atoms with Gasteiger partial charge in [-0.1, -0.05) is 0 Å². The number of fused-ring (bicyclic) bond motifs is 3. The molecule has 0 radical (unpaired) electrons. The number of benzene rings is 1. The van der Waals surface area contributed by atoms with Gasteiger partial charge >= 0.3 is 0 Å². The van der Waals surface area contributed by atoms with Crippen molar-refractivity contribution in [2.75, 3.05) is 0 Å². The summed E-state index contributed by atoms with van der Waals surface area (Å²) >= 11 is 0. The molecule has 0 saturated carbocycles. The predicted molar refractivity (Wildman–Crippen MR) is 78.3 cm³/mol. The summed E-state index contributed by atoms with van der Waals surface area (Å²) in [5.41, 5.74) is 7.61. The van der Waals surface area contributed by atoms with E-state index in [1.54, 1.807) is 0 Å². The maximum absolute atomic E-state index is 14.1. The highest BCUT2D eigenvalue weighted by atomic mass is 19.1. The van der Waals surface area contributed by atoms with Gasteiger partial charge in [0.2, 0.25) is 5.95 Å². The number of hydrogen-bond acceptors (Lipinski definition) is 3. The molecule has 0 unspecified atom stereocenters. The van der Waals surface area contributed by atoms with Gasteiger partial charge < -0.3 is 10.3 Å². The number of halogens is 3. The second-order valence-electron chi connectivity index (χ2n) is 5.77. The average Bonchev–Trinajstić information content (AvgIpc) is 2.86. The zero-order chi connectivity index (χ0) is 16.1. The summed E-state index contributed by atoms with van der Waals surface area (Å²) in [5.74, 6) is -1.29. The average molecular weight is 318 g/mol. The molecule has 3 aromatic rings. The summed E-state index contributed by atoms with van der Waals surface area (Å²) in [5, 5.41) is 0. The van der Waals surface area contributed by atoms with Crippen LogP contribution in [0.2, 0.25) is 0 Å². The van der Waals surface area contributed by atoms with Gasteiger partial charge in [-0.2, -0.15) is 4.39 Å². The molecule has 2 atom stereocenters. The van der Waals surface area contributed by atoms with Crippen LogP contribution < -0.4 is 5.73 Å². The van der Waals surface area contributed by atoms with Crippen molar-refractivity contribution in [1.29, 1.82) is 0 Å². The smallest absolute Gasteiger partial charge is 0.215 e. The van der Waals surface area contributed by atoms with Crippen molar-refractivity contribution in [3.05, 3.63) is 59.4 Å². The van der Waals surface area contributed by atoms with E-state index < -0.39 is 23.6 Å². The van der Waals surface area contributed by atoms with Crippen LogP contribution in [-0.2, 0) is 13.0 Å². The number of hydrogen-bond donors (Lipinski definition) is 1. The molecule has 1 aliphatic heterocycles. The molecule has 23 heavy (non-hydrogen) atoms. The summed E-state index contributed by atoms with van der Waals surface area (Å²) in [4.78, 5) is 8.01. The summed E-state index contributed by atoms with van der Waals surface area (Å²) in [6.07, 6.45) is 1.72. The van der Waals surface area contributed by atoms with Gasteiger partial charge in [0.05, 0.1) is 11.7 Å². The van der Waals surface area contributed by atoms with Gasteiger partial charge in [-0.25, -0.2) is 18.7 Å². The Hall–Kier alpha value is -2.41. The first-order valence-corrected chi connectivity index (χ1v) is 7.24. The minimum Gasteiger partial charge on any atom is -0.326 e. The van der Waals surface area contributed by atoms with Gasteiger partial charge in [0.1, 0.15) is 23.0 Å². The van der Waals surface area contributed by atoms with Crippen LogP contribution >= 0.6 is 0 Å². The Balaban J connectivity index is 1.80. The van der Waals surface area contributed by atoms with Gasteiger partial charge in [0, 0.05) is 31.0 Å². The van der Waals surface area contributed by atoms with Crippen molar-refractivity contribution in [3.8, 4) is 0 Å². The molecule has 118 valence electrons. The number of nitrogens with two attached hydrogens (primary N) is 1. The number of pyridine rings is 1. The Labute approximate surface area is 129 Å². The fourth-order valence-electron chi connectivity index (χ4n) is 3.24. The minimum absolute atomic E-state index is 0.250. The lowest BCUT2D eigenvalue weighted by Gasteiger charge is -2.30. The summed E-state index contributed by atoms with van der Waals surface area (Å²) < 4.78 is 42.7. The lowest BCUT2D eigenvalue weighted by atomic mass is 9.86. The topological polar surface area (TPSA) is 56.7 Å². The van der Waals surface area contributed by atoms with Crippen LogP contribution in [-0.4, -0.2) is 20.6 Å². The third-order valence-electron chi connectivity index (χ3n) is 4.35. The maximum Gasteiger partial charge on any atom is 0.215 e. The molecule has 2 N–H and O–H groups in total. The molecule has 0 bridgehead atoms. The zero-order valence-corrected chi connectivity index (χ0v) is 12.0. The van der Waals surface area contributed by atoms with E-state index in [9.17, 15) is 13.2 Å². The van der Waals surface area contributed by atoms with Gasteiger partial charge in [-0.15, -0.1) is 0 Å². The first-order chi connectivity index (χ1) is 11.0. The van der Waals surface area contributed by atoms with E-state index in [0.717, 1.165) is 12.1 Å². The second-order valence-corrected chi connectivity index (χ2v) is 5.77. The Morgan fingerprint density at radius 3 is 2.83 bits per heavy atom. The number of nitrogens with zero attached hydrogens (tertiary/aromatic N) is 3. The number of imidazole rings is 1. The fourth-order valence-corrected chi connectivity index (χ4v) is 3.24. The summed E-state index contributed by atoms with van der Waals surface area (Å²) in [6.45, 7) is 0.357. The van der Waals surface area contributed by atoms with Crippen molar-refractivity contribution in [1.82, 2.24) is 14.5 Å². The largest absolute Gasteiger partial charge is 0.326 e. The van der Waals surface area contributed by atoms with E-state index in [1.807, 2.05) is 4.57 Å². The molecular weight excluding hydrogens is 305 g/mol. The second kappa shape index (κ2) is 5.06. The lowest BCUT2D eigenvalue weighted by molar-refractivity contribution is 0.395. The Morgan fingerprint density at radius 2 is 2.00 bits per heavy atom. The number of rotatable bonds is 1. The quantitative estimate of drug-likeness (QED) is 0.702. The highest BCUT2D eigenvalue weighted by Gasteiger charge is 2.31. The van der Waals surface area contributed by atoms with Gasteiger partial charge in [-0.05, 0) is 23.8 Å². The van der Waals surface area contributed by atoms with Crippen LogP contribution in [0, 0.1) is 17.6 Å². The van der Waals surface area contributed by atoms with Crippen LogP contribution in [0.4, 0.5) is 13.2 Å². The third-order valence-corrected chi connectivity index (χ3v) is 4.35. The van der Waals surface area contributed by atoms with E-state index in [-0.39, 0.29) is 11.5 Å². The Kier molecular flexibility index (Phi) is 3.12. The molecule has 0 aliphatic carbocycles. The van der Waals surface area contributed by atoms with Gasteiger partial charge in [-0.3, -0.25) is 0 Å². The molecular formula is C16H13F3N4. The standard InChI is InChI=1S/C16H13F3N4/c17-8-1-2-11(18)9(3-8)10-4-16-22-13-6-21-15(19)5-14(13)23(16)7-12(10)20/h1-3,5-6,10,12H,4,7,20H2/t10-,12+/m0/s1. The molecule has 4 nitrogen and oxygen atoms in total. The Bertz CT molecular complexity index is 906. The zero-order valence-electron chi connectivity index (χ0n) is 12.0. The van der Waals surface area contributed by atoms with Crippen LogP contribution in [0.25, 0.3) is 11.0 Å². The molecule has 7 heteroatoms. The van der Waals surface area contributed by atoms with Crippen LogP contribution in [0.1, 0.15) is 17.3 Å². The van der Waals surface area contributed by atoms with Crippen LogP contribution in [0.15, 0.2) is 30.5 Å². The van der Waals surface area contributed by atoms with Gasteiger partial charge in [0.15, 0.2) is 0 Å². The van der Waals surface area contributed by atoms with E-state index in [2.05, 4.69) is 9.97 Å². The normalized spacial score (nSPS) is 20.7. The minimum atomic E-state index is -0.591. The van der Waals surface area contributed by atoms with Crippen molar-refractivity contribution in [3.63, 3.8) is 0 Å². The van der Waals surface area contributed by atoms with E-state index in [1.165, 1.54) is 18.3 Å². The molecule has 2 aromatic heterocycles. The van der Waals surface area contributed by atoms with Crippen LogP contribution in [0.3, 0.4) is 0 Å². The molecule has 0 spiro atoms. The molecule has 1 aromatic carbocycles. The van der Waals surface area contributed by atoms with E-state index in [4.69, 9.17) is 5.73 Å². The molecule has 0 saturated heterocycles. The monoisotopic (exact) mass is 318 g/mol. The van der Waals surface area contributed by atoms with E-state index >= 15 is 0 Å². The molecule has 0 amide bonds. The van der Waals surface area contributed by atoms with Crippen LogP contribution in [0.5, 0.6) is 0 Å². The number of aromatic nitrogens is 3.